The summed E-state index contributed by atoms with van der Waals surface area (Å²) < 4.78 is 54.8. The van der Waals surface area contributed by atoms with Crippen LogP contribution in [-0.4, -0.2) is 72.9 Å². The summed E-state index contributed by atoms with van der Waals surface area (Å²) in [6.07, 6.45) is 5.19. The number of carbonyl (C=O) groups excluding carboxylic acids is 1. The number of benzene rings is 1. The molecule has 3 N–H and O–H groups in total. The van der Waals surface area contributed by atoms with Crippen molar-refractivity contribution in [2.24, 2.45) is 0 Å². The molecule has 2 aliphatic rings. The van der Waals surface area contributed by atoms with Gasteiger partial charge in [0.05, 0.1) is 11.3 Å². The van der Waals surface area contributed by atoms with Crippen molar-refractivity contribution in [1.29, 1.82) is 0 Å². The average molecular weight is 498 g/mol. The van der Waals surface area contributed by atoms with Gasteiger partial charge in [0.15, 0.2) is 5.13 Å². The van der Waals surface area contributed by atoms with Crippen molar-refractivity contribution in [2.45, 2.75) is 18.9 Å². The van der Waals surface area contributed by atoms with Crippen LogP contribution in [0.5, 0.6) is 0 Å². The molecule has 0 bridgehead atoms. The summed E-state index contributed by atoms with van der Waals surface area (Å²) in [5, 5.41) is 3.53. The van der Waals surface area contributed by atoms with Crippen molar-refractivity contribution < 1.29 is 22.0 Å². The Morgan fingerprint density at radius 1 is 1.18 bits per heavy atom. The number of anilines is 2. The molecule has 0 spiro atoms. The van der Waals surface area contributed by atoms with Crippen LogP contribution in [0.3, 0.4) is 0 Å². The van der Waals surface area contributed by atoms with Gasteiger partial charge in [-0.2, -0.15) is 0 Å². The lowest BCUT2D eigenvalue weighted by Gasteiger charge is -2.32. The van der Waals surface area contributed by atoms with Gasteiger partial charge in [-0.25, -0.2) is 26.5 Å². The van der Waals surface area contributed by atoms with Gasteiger partial charge in [0.2, 0.25) is 15.8 Å². The maximum absolute atomic E-state index is 14.0. The summed E-state index contributed by atoms with van der Waals surface area (Å²) in [5.41, 5.74) is 5.18. The minimum Gasteiger partial charge on any atom is -0.382 e. The molecule has 33 heavy (non-hydrogen) atoms. The molecule has 1 aromatic heterocycles. The first kappa shape index (κ1) is 23.7. The van der Waals surface area contributed by atoms with Crippen LogP contribution >= 0.6 is 11.3 Å². The molecule has 178 valence electrons. The molecule has 3 heterocycles. The van der Waals surface area contributed by atoms with Gasteiger partial charge in [-0.05, 0) is 25.0 Å². The minimum atomic E-state index is -3.33. The standard InChI is InChI=1S/C21H25F2N5O3S2/c22-15-4-3-5-16(23)17(15)18(29)19-20(24)26-21(32-19)25-14-6-10-28(11-7-14)33(30,31)13-12-27-8-1-2-9-27/h1-5,14H,6-13,24H2,(H,25,26). The predicted octanol–water partition coefficient (Wildman–Crippen LogP) is 2.31. The molecule has 12 heteroatoms. The van der Waals surface area contributed by atoms with Crippen molar-refractivity contribution in [2.75, 3.05) is 49.5 Å². The summed E-state index contributed by atoms with van der Waals surface area (Å²) in [4.78, 5) is 18.8. The summed E-state index contributed by atoms with van der Waals surface area (Å²) >= 11 is 0.929. The molecule has 2 aromatic rings. The summed E-state index contributed by atoms with van der Waals surface area (Å²) in [6, 6.07) is 3.14. The molecule has 0 amide bonds. The van der Waals surface area contributed by atoms with Gasteiger partial charge < -0.3 is 11.1 Å². The number of thiazole rings is 1. The van der Waals surface area contributed by atoms with Crippen molar-refractivity contribution in [3.63, 3.8) is 0 Å². The van der Waals surface area contributed by atoms with E-state index in [0.29, 0.717) is 37.6 Å². The fourth-order valence-corrected chi connectivity index (χ4v) is 6.34. The maximum Gasteiger partial charge on any atom is 0.215 e. The highest BCUT2D eigenvalue weighted by Gasteiger charge is 2.30. The van der Waals surface area contributed by atoms with Crippen molar-refractivity contribution >= 4 is 38.1 Å². The molecule has 0 unspecified atom stereocenters. The first-order chi connectivity index (χ1) is 15.7. The van der Waals surface area contributed by atoms with Gasteiger partial charge in [0, 0.05) is 38.8 Å². The Bertz CT molecular complexity index is 1130. The Labute approximate surface area is 195 Å². The molecular weight excluding hydrogens is 472 g/mol. The largest absolute Gasteiger partial charge is 0.382 e. The maximum atomic E-state index is 14.0. The van der Waals surface area contributed by atoms with Crippen LogP contribution in [0.25, 0.3) is 0 Å². The fraction of sp³-hybridized carbons (Fsp3) is 0.429. The monoisotopic (exact) mass is 497 g/mol. The van der Waals surface area contributed by atoms with Gasteiger partial charge >= 0.3 is 0 Å². The number of nitrogens with one attached hydrogen (secondary N) is 1. The lowest BCUT2D eigenvalue weighted by atomic mass is 10.1. The third kappa shape index (κ3) is 5.40. The lowest BCUT2D eigenvalue weighted by Crippen LogP contribution is -2.44. The molecule has 0 atom stereocenters. The Balaban J connectivity index is 1.34. The van der Waals surface area contributed by atoms with Crippen molar-refractivity contribution in [3.8, 4) is 0 Å². The van der Waals surface area contributed by atoms with E-state index in [2.05, 4.69) is 15.2 Å². The van der Waals surface area contributed by atoms with Crippen LogP contribution in [0.1, 0.15) is 28.1 Å². The number of hydrogen-bond acceptors (Lipinski definition) is 8. The topological polar surface area (TPSA) is 109 Å². The summed E-state index contributed by atoms with van der Waals surface area (Å²) in [6.45, 7) is 2.83. The van der Waals surface area contributed by atoms with Crippen LogP contribution < -0.4 is 11.1 Å². The normalized spacial score (nSPS) is 18.1. The number of aromatic nitrogens is 1. The van der Waals surface area contributed by atoms with E-state index in [4.69, 9.17) is 5.73 Å². The zero-order valence-corrected chi connectivity index (χ0v) is 19.5. The highest BCUT2D eigenvalue weighted by Crippen LogP contribution is 2.30. The molecular formula is C21H25F2N5O3S2. The van der Waals surface area contributed by atoms with E-state index >= 15 is 0 Å². The number of nitrogens with two attached hydrogens (primary N) is 1. The SMILES string of the molecule is Nc1nc(NC2CCN(S(=O)(=O)CCN3CC=CC3)CC2)sc1C(=O)c1c(F)cccc1F. The zero-order valence-electron chi connectivity index (χ0n) is 17.8. The van der Waals surface area contributed by atoms with Gasteiger partial charge in [0.25, 0.3) is 0 Å². The third-order valence-electron chi connectivity index (χ3n) is 5.78. The van der Waals surface area contributed by atoms with E-state index in [1.54, 1.807) is 0 Å². The second kappa shape index (κ2) is 9.84. The quantitative estimate of drug-likeness (QED) is 0.426. The smallest absolute Gasteiger partial charge is 0.215 e. The van der Waals surface area contributed by atoms with Gasteiger partial charge in [-0.3, -0.25) is 9.69 Å². The Morgan fingerprint density at radius 3 is 2.45 bits per heavy atom. The number of piperidine rings is 1. The number of ketones is 1. The van der Waals surface area contributed by atoms with E-state index in [1.807, 2.05) is 12.2 Å². The highest BCUT2D eigenvalue weighted by atomic mass is 32.2. The number of carbonyl (C=O) groups is 1. The molecule has 1 fully saturated rings. The Kier molecular flexibility index (Phi) is 7.07. The number of sulfonamides is 1. The van der Waals surface area contributed by atoms with Gasteiger partial charge in [-0.15, -0.1) is 0 Å². The molecule has 2 aliphatic heterocycles. The van der Waals surface area contributed by atoms with Crippen LogP contribution in [0.2, 0.25) is 0 Å². The first-order valence-corrected chi connectivity index (χ1v) is 13.0. The van der Waals surface area contributed by atoms with Crippen LogP contribution in [0.15, 0.2) is 30.4 Å². The van der Waals surface area contributed by atoms with Crippen LogP contribution in [-0.2, 0) is 10.0 Å². The zero-order chi connectivity index (χ0) is 23.6. The Morgan fingerprint density at radius 2 is 1.82 bits per heavy atom. The van der Waals surface area contributed by atoms with E-state index in [0.717, 1.165) is 36.6 Å². The minimum absolute atomic E-state index is 0.0436. The van der Waals surface area contributed by atoms with Crippen LogP contribution in [0, 0.1) is 11.6 Å². The van der Waals surface area contributed by atoms with Crippen molar-refractivity contribution in [1.82, 2.24) is 14.2 Å². The molecule has 8 nitrogen and oxygen atoms in total. The van der Waals surface area contributed by atoms with E-state index < -0.39 is 33.0 Å². The summed E-state index contributed by atoms with van der Waals surface area (Å²) in [7, 11) is -3.33. The molecule has 4 rings (SSSR count). The second-order valence-electron chi connectivity index (χ2n) is 8.02. The number of nitrogen functional groups attached to an aromatic ring is 1. The van der Waals surface area contributed by atoms with Gasteiger partial charge in [-0.1, -0.05) is 29.6 Å². The molecule has 0 radical (unpaired) electrons. The molecule has 1 aromatic carbocycles. The lowest BCUT2D eigenvalue weighted by molar-refractivity contribution is 0.103. The van der Waals surface area contributed by atoms with E-state index in [-0.39, 0.29) is 22.5 Å². The number of nitrogens with zero attached hydrogens (tertiary/aromatic N) is 3. The Hall–Kier alpha value is -2.41. The number of halogens is 2. The van der Waals surface area contributed by atoms with E-state index in [9.17, 15) is 22.0 Å². The molecule has 0 saturated carbocycles. The van der Waals surface area contributed by atoms with Crippen LogP contribution in [0.4, 0.5) is 19.7 Å². The molecule has 0 aliphatic carbocycles. The third-order valence-corrected chi connectivity index (χ3v) is 8.64. The second-order valence-corrected chi connectivity index (χ2v) is 11.1. The highest BCUT2D eigenvalue weighted by molar-refractivity contribution is 7.89. The predicted molar refractivity (Wildman–Crippen MR) is 124 cm³/mol. The average Bonchev–Trinajstić information content (AvgIpc) is 3.42. The molecule has 1 saturated heterocycles. The summed E-state index contributed by atoms with van der Waals surface area (Å²) in [5.74, 6) is -2.79. The van der Waals surface area contributed by atoms with E-state index in [1.165, 1.54) is 10.4 Å². The fourth-order valence-electron chi connectivity index (χ4n) is 3.92. The number of hydrogen-bond donors (Lipinski definition) is 2. The number of rotatable bonds is 8. The first-order valence-electron chi connectivity index (χ1n) is 10.6. The van der Waals surface area contributed by atoms with Crippen molar-refractivity contribution in [3.05, 3.63) is 52.4 Å². The van der Waals surface area contributed by atoms with Gasteiger partial charge in [0.1, 0.15) is 22.3 Å².